The summed E-state index contributed by atoms with van der Waals surface area (Å²) in [5.41, 5.74) is 0.917. The van der Waals surface area contributed by atoms with Gasteiger partial charge in [-0.1, -0.05) is 60.3 Å². The molecule has 83 valence electrons. The second-order valence-corrected chi connectivity index (χ2v) is 6.74. The summed E-state index contributed by atoms with van der Waals surface area (Å²) in [4.78, 5) is 0. The van der Waals surface area contributed by atoms with E-state index in [1.807, 2.05) is 0 Å². The van der Waals surface area contributed by atoms with Crippen LogP contribution in [0.1, 0.15) is 61.3 Å². The van der Waals surface area contributed by atoms with Crippen LogP contribution in [0.15, 0.2) is 0 Å². The Balaban J connectivity index is 0. The zero-order chi connectivity index (χ0) is 10.7. The van der Waals surface area contributed by atoms with E-state index in [1.165, 1.54) is 12.8 Å². The minimum Gasteiger partial charge on any atom is -0.325 e. The van der Waals surface area contributed by atoms with Gasteiger partial charge in [-0.05, 0) is 5.41 Å². The molecule has 1 radical (unpaired) electrons. The zero-order valence-corrected chi connectivity index (χ0v) is 14.0. The van der Waals surface area contributed by atoms with Crippen LogP contribution < -0.4 is 0 Å². The van der Waals surface area contributed by atoms with Gasteiger partial charge < -0.3 is 6.42 Å². The van der Waals surface area contributed by atoms with Crippen LogP contribution in [0.2, 0.25) is 0 Å². The minimum absolute atomic E-state index is 0. The van der Waals surface area contributed by atoms with Crippen LogP contribution >= 0.6 is 0 Å². The van der Waals surface area contributed by atoms with Gasteiger partial charge in [-0.15, -0.1) is 0 Å². The smallest absolute Gasteiger partial charge is 0 e. The zero-order valence-electron chi connectivity index (χ0n) is 11.1. The van der Waals surface area contributed by atoms with Crippen LogP contribution in [0, 0.1) is 23.2 Å². The van der Waals surface area contributed by atoms with E-state index in [1.54, 1.807) is 0 Å². The summed E-state index contributed by atoms with van der Waals surface area (Å²) in [5, 5.41) is 0. The first-order valence-electron chi connectivity index (χ1n) is 5.43. The van der Waals surface area contributed by atoms with E-state index in [0.29, 0.717) is 10.8 Å². The number of hydrogen-bond donors (Lipinski definition) is 0. The van der Waals surface area contributed by atoms with E-state index >= 15 is 0 Å². The Morgan fingerprint density at radius 2 is 1.36 bits per heavy atom. The van der Waals surface area contributed by atoms with Crippen molar-refractivity contribution in [1.29, 1.82) is 0 Å². The molecule has 0 N–H and O–H groups in total. The molecular weight excluding hydrogens is 245 g/mol. The Morgan fingerprint density at radius 1 is 0.929 bits per heavy atom. The normalized spacial score (nSPS) is 14.8. The van der Waals surface area contributed by atoms with Gasteiger partial charge in [0.25, 0.3) is 0 Å². The molecular formula is C13H27Y-. The predicted molar refractivity (Wildman–Crippen MR) is 61.6 cm³/mol. The topological polar surface area (TPSA) is 0 Å². The van der Waals surface area contributed by atoms with Crippen molar-refractivity contribution in [2.75, 3.05) is 0 Å². The Morgan fingerprint density at radius 3 is 1.64 bits per heavy atom. The molecule has 0 saturated heterocycles. The predicted octanol–water partition coefficient (Wildman–Crippen LogP) is 4.70. The average molecular weight is 272 g/mol. The molecule has 0 aromatic carbocycles. The van der Waals surface area contributed by atoms with Crippen molar-refractivity contribution < 1.29 is 32.7 Å². The molecule has 0 fully saturated rings. The third-order valence-electron chi connectivity index (χ3n) is 2.07. The van der Waals surface area contributed by atoms with E-state index in [0.717, 1.165) is 5.92 Å². The molecule has 0 nitrogen and oxygen atoms in total. The Kier molecular flexibility index (Phi) is 8.29. The third-order valence-corrected chi connectivity index (χ3v) is 2.07. The van der Waals surface area contributed by atoms with Crippen molar-refractivity contribution in [1.82, 2.24) is 0 Å². The summed E-state index contributed by atoms with van der Waals surface area (Å²) < 4.78 is 0. The van der Waals surface area contributed by atoms with Gasteiger partial charge >= 0.3 is 0 Å². The maximum atomic E-state index is 2.48. The van der Waals surface area contributed by atoms with Crippen molar-refractivity contribution in [3.8, 4) is 0 Å². The van der Waals surface area contributed by atoms with Crippen LogP contribution in [0.3, 0.4) is 0 Å². The largest absolute Gasteiger partial charge is 0.325 e. The minimum atomic E-state index is 0. The van der Waals surface area contributed by atoms with Crippen LogP contribution in [-0.4, -0.2) is 0 Å². The molecule has 0 aliphatic rings. The van der Waals surface area contributed by atoms with Gasteiger partial charge in [0.1, 0.15) is 0 Å². The van der Waals surface area contributed by atoms with Crippen molar-refractivity contribution in [3.63, 3.8) is 0 Å². The fraction of sp³-hybridized carbons (Fsp3) is 0.923. The van der Waals surface area contributed by atoms with Gasteiger partial charge in [0.15, 0.2) is 0 Å². The maximum Gasteiger partial charge on any atom is 0 e. The van der Waals surface area contributed by atoms with Crippen molar-refractivity contribution in [2.24, 2.45) is 16.7 Å². The SMILES string of the molecule is CC([CH-]CC(C)(C)C)CC(C)(C)C.[Y]. The molecule has 0 aliphatic carbocycles. The van der Waals surface area contributed by atoms with Crippen LogP contribution in [-0.2, 0) is 32.7 Å². The second kappa shape index (κ2) is 6.64. The fourth-order valence-corrected chi connectivity index (χ4v) is 1.60. The van der Waals surface area contributed by atoms with E-state index < -0.39 is 0 Å². The molecule has 0 bridgehead atoms. The Labute approximate surface area is 117 Å². The van der Waals surface area contributed by atoms with E-state index in [2.05, 4.69) is 54.9 Å². The van der Waals surface area contributed by atoms with Crippen LogP contribution in [0.5, 0.6) is 0 Å². The van der Waals surface area contributed by atoms with Gasteiger partial charge in [-0.25, -0.2) is 0 Å². The molecule has 0 amide bonds. The monoisotopic (exact) mass is 272 g/mol. The van der Waals surface area contributed by atoms with E-state index in [4.69, 9.17) is 0 Å². The molecule has 0 rings (SSSR count). The summed E-state index contributed by atoms with van der Waals surface area (Å²) >= 11 is 0. The molecule has 1 atom stereocenters. The first kappa shape index (κ1) is 17.5. The molecule has 0 aromatic rings. The number of hydrogen-bond acceptors (Lipinski definition) is 0. The molecule has 0 spiro atoms. The molecule has 0 aliphatic heterocycles. The van der Waals surface area contributed by atoms with Crippen LogP contribution in [0.25, 0.3) is 0 Å². The van der Waals surface area contributed by atoms with E-state index in [-0.39, 0.29) is 32.7 Å². The van der Waals surface area contributed by atoms with Crippen LogP contribution in [0.4, 0.5) is 0 Å². The summed E-state index contributed by atoms with van der Waals surface area (Å²) in [6.45, 7) is 16.2. The quantitative estimate of drug-likeness (QED) is 0.653. The Hall–Kier alpha value is 1.10. The standard InChI is InChI=1S/C13H27.Y/c1-11(10-13(5,6)7)8-9-12(2,3)4;/h8,11H,9-10H2,1-7H3;/q-1;. The van der Waals surface area contributed by atoms with Crippen molar-refractivity contribution in [2.45, 2.75) is 61.3 Å². The Bertz CT molecular complexity index is 136. The van der Waals surface area contributed by atoms with Gasteiger partial charge in [-0.2, -0.15) is 12.3 Å². The van der Waals surface area contributed by atoms with E-state index in [9.17, 15) is 0 Å². The summed E-state index contributed by atoms with van der Waals surface area (Å²) in [7, 11) is 0. The molecule has 0 aromatic heterocycles. The number of rotatable bonds is 3. The third kappa shape index (κ3) is 13.1. The van der Waals surface area contributed by atoms with Gasteiger partial charge in [0.2, 0.25) is 0 Å². The van der Waals surface area contributed by atoms with Gasteiger partial charge in [0.05, 0.1) is 0 Å². The molecule has 14 heavy (non-hydrogen) atoms. The summed E-state index contributed by atoms with van der Waals surface area (Å²) in [6, 6.07) is 0. The molecule has 1 heteroatoms. The summed E-state index contributed by atoms with van der Waals surface area (Å²) in [6.07, 6.45) is 5.00. The molecule has 0 saturated carbocycles. The maximum absolute atomic E-state index is 2.48. The first-order valence-corrected chi connectivity index (χ1v) is 5.43. The molecule has 0 heterocycles. The van der Waals surface area contributed by atoms with Gasteiger partial charge in [-0.3, -0.25) is 0 Å². The average Bonchev–Trinajstić information content (AvgIpc) is 1.78. The first-order chi connectivity index (χ1) is 5.60. The second-order valence-electron chi connectivity index (χ2n) is 6.74. The fourth-order valence-electron chi connectivity index (χ4n) is 1.60. The van der Waals surface area contributed by atoms with Gasteiger partial charge in [0, 0.05) is 32.7 Å². The summed E-state index contributed by atoms with van der Waals surface area (Å²) in [5.74, 6) is 0.749. The van der Waals surface area contributed by atoms with Crippen molar-refractivity contribution >= 4 is 0 Å². The molecule has 1 unspecified atom stereocenters. The van der Waals surface area contributed by atoms with Crippen molar-refractivity contribution in [3.05, 3.63) is 6.42 Å².